The zero-order valence-corrected chi connectivity index (χ0v) is 16.8. The molecule has 2 aliphatic heterocycles. The quantitative estimate of drug-likeness (QED) is 0.260. The highest BCUT2D eigenvalue weighted by atomic mass is 16.6. The third kappa shape index (κ3) is 3.33. The molecule has 0 unspecified atom stereocenters. The van der Waals surface area contributed by atoms with E-state index in [0.717, 1.165) is 12.1 Å². The van der Waals surface area contributed by atoms with Gasteiger partial charge in [-0.05, 0) is 30.3 Å². The van der Waals surface area contributed by atoms with Crippen molar-refractivity contribution in [3.8, 4) is 28.6 Å². The zero-order chi connectivity index (χ0) is 23.4. The van der Waals surface area contributed by atoms with Crippen LogP contribution in [0.25, 0.3) is 22.3 Å². The summed E-state index contributed by atoms with van der Waals surface area (Å²) in [5.41, 5.74) is -0.466. The third-order valence-electron chi connectivity index (χ3n) is 5.68. The number of esters is 2. The molecule has 11 heteroatoms. The summed E-state index contributed by atoms with van der Waals surface area (Å²) in [4.78, 5) is 26.2. The number of carbonyl (C=O) groups excluding carboxylic acids is 2. The van der Waals surface area contributed by atoms with Crippen LogP contribution in [0.4, 0.5) is 0 Å². The molecular formula is C22H18O11. The molecule has 3 aromatic rings. The van der Waals surface area contributed by atoms with Crippen LogP contribution < -0.4 is 0 Å². The van der Waals surface area contributed by atoms with Crippen molar-refractivity contribution in [2.24, 2.45) is 0 Å². The first-order valence-corrected chi connectivity index (χ1v) is 9.93. The van der Waals surface area contributed by atoms with Crippen molar-refractivity contribution in [1.82, 2.24) is 0 Å². The van der Waals surface area contributed by atoms with Crippen LogP contribution in [0.1, 0.15) is 20.7 Å². The highest BCUT2D eigenvalue weighted by Crippen LogP contribution is 2.42. The fraction of sp³-hybridized carbons (Fsp3) is 0.273. The number of furan rings is 1. The molecular weight excluding hydrogens is 440 g/mol. The lowest BCUT2D eigenvalue weighted by atomic mass is 9.98. The Kier molecular flexibility index (Phi) is 4.89. The Balaban J connectivity index is 1.76. The van der Waals surface area contributed by atoms with Crippen molar-refractivity contribution in [3.05, 3.63) is 41.5 Å². The van der Waals surface area contributed by atoms with Gasteiger partial charge >= 0.3 is 11.9 Å². The standard InChI is InChI=1S/C22H18O11/c23-10-3-1-8(5-12(10)25)18-16-15-9(2-4-11(24)19(15)32-18)21(28)31-7-14-20(33-22(16)29)17(27)13(26)6-30-14/h1-5,13-14,17,20,23-27H,6-7H2/t13-,14+,17+,20+/m1/s1. The number of ether oxygens (including phenoxy) is 3. The SMILES string of the molecule is O=C1OC[C@@H]2OC[C@@H](O)[C@H](O)[C@H]2OC(=O)c2c(-c3ccc(O)c(O)c3)oc3c(O)ccc1c23. The predicted octanol–water partition coefficient (Wildman–Crippen LogP) is 1.03. The summed E-state index contributed by atoms with van der Waals surface area (Å²) < 4.78 is 21.9. The Morgan fingerprint density at radius 1 is 0.879 bits per heavy atom. The van der Waals surface area contributed by atoms with Crippen LogP contribution >= 0.6 is 0 Å². The number of fused-ring (bicyclic) bond motifs is 1. The van der Waals surface area contributed by atoms with Gasteiger partial charge in [-0.15, -0.1) is 0 Å². The van der Waals surface area contributed by atoms with Crippen LogP contribution in [0.15, 0.2) is 34.7 Å². The van der Waals surface area contributed by atoms with E-state index < -0.39 is 47.9 Å². The summed E-state index contributed by atoms with van der Waals surface area (Å²) in [6.45, 7) is -0.620. The van der Waals surface area contributed by atoms with Gasteiger partial charge in [0.15, 0.2) is 28.9 Å². The van der Waals surface area contributed by atoms with E-state index in [0.29, 0.717) is 0 Å². The second kappa shape index (κ2) is 7.66. The van der Waals surface area contributed by atoms with Gasteiger partial charge in [-0.25, -0.2) is 9.59 Å². The summed E-state index contributed by atoms with van der Waals surface area (Å²) in [5, 5.41) is 50.2. The Morgan fingerprint density at radius 2 is 1.64 bits per heavy atom. The first-order chi connectivity index (χ1) is 15.8. The minimum Gasteiger partial charge on any atom is -0.504 e. The highest BCUT2D eigenvalue weighted by molar-refractivity contribution is 6.17. The predicted molar refractivity (Wildman–Crippen MR) is 108 cm³/mol. The molecule has 1 saturated heterocycles. The lowest BCUT2D eigenvalue weighted by Gasteiger charge is -2.37. The van der Waals surface area contributed by atoms with Crippen molar-refractivity contribution >= 4 is 22.9 Å². The molecule has 0 amide bonds. The van der Waals surface area contributed by atoms with Crippen LogP contribution in [0.3, 0.4) is 0 Å². The minimum absolute atomic E-state index is 0.0948. The fourth-order valence-electron chi connectivity index (χ4n) is 3.98. The molecule has 172 valence electrons. The van der Waals surface area contributed by atoms with E-state index in [2.05, 4.69) is 0 Å². The van der Waals surface area contributed by atoms with Gasteiger partial charge in [0.05, 0.1) is 17.6 Å². The van der Waals surface area contributed by atoms with Gasteiger partial charge < -0.3 is 44.2 Å². The molecule has 3 heterocycles. The largest absolute Gasteiger partial charge is 0.504 e. The average molecular weight is 458 g/mol. The summed E-state index contributed by atoms with van der Waals surface area (Å²) in [5.74, 6) is -3.36. The van der Waals surface area contributed by atoms with Crippen molar-refractivity contribution < 1.29 is 53.7 Å². The zero-order valence-electron chi connectivity index (χ0n) is 16.8. The smallest absolute Gasteiger partial charge is 0.343 e. The molecule has 1 aromatic heterocycles. The van der Waals surface area contributed by atoms with Crippen molar-refractivity contribution in [2.45, 2.75) is 24.4 Å². The molecule has 2 aliphatic rings. The average Bonchev–Trinajstić information content (AvgIpc) is 3.19. The summed E-state index contributed by atoms with van der Waals surface area (Å²) >= 11 is 0. The number of aliphatic hydroxyl groups excluding tert-OH is 2. The molecule has 0 bridgehead atoms. The molecule has 5 rings (SSSR count). The number of rotatable bonds is 1. The number of aliphatic hydroxyl groups is 2. The normalized spacial score (nSPS) is 25.3. The fourth-order valence-corrected chi connectivity index (χ4v) is 3.98. The first kappa shape index (κ1) is 21.1. The van der Waals surface area contributed by atoms with Crippen molar-refractivity contribution in [3.63, 3.8) is 0 Å². The lowest BCUT2D eigenvalue weighted by Crippen LogP contribution is -2.56. The number of cyclic esters (lactones) is 1. The molecule has 0 radical (unpaired) electrons. The maximum atomic E-state index is 13.4. The second-order valence-corrected chi connectivity index (χ2v) is 7.74. The summed E-state index contributed by atoms with van der Waals surface area (Å²) in [6.07, 6.45) is -5.28. The van der Waals surface area contributed by atoms with Gasteiger partial charge in [0.1, 0.15) is 36.2 Å². The van der Waals surface area contributed by atoms with Gasteiger partial charge in [-0.1, -0.05) is 0 Å². The molecule has 2 aromatic carbocycles. The highest BCUT2D eigenvalue weighted by Gasteiger charge is 2.44. The second-order valence-electron chi connectivity index (χ2n) is 7.74. The van der Waals surface area contributed by atoms with E-state index in [1.165, 1.54) is 18.2 Å². The number of benzene rings is 2. The molecule has 0 saturated carbocycles. The topological polar surface area (TPSA) is 176 Å². The van der Waals surface area contributed by atoms with Gasteiger partial charge in [0, 0.05) is 5.56 Å². The summed E-state index contributed by atoms with van der Waals surface area (Å²) in [6, 6.07) is 6.08. The van der Waals surface area contributed by atoms with E-state index in [4.69, 9.17) is 18.6 Å². The lowest BCUT2D eigenvalue weighted by molar-refractivity contribution is -0.196. The van der Waals surface area contributed by atoms with Crippen molar-refractivity contribution in [1.29, 1.82) is 0 Å². The third-order valence-corrected chi connectivity index (χ3v) is 5.68. The number of carbonyl (C=O) groups is 2. The number of aromatic hydroxyl groups is 3. The molecule has 0 spiro atoms. The number of phenolic OH excluding ortho intramolecular Hbond substituents is 3. The number of hydrogen-bond donors (Lipinski definition) is 5. The summed E-state index contributed by atoms with van der Waals surface area (Å²) in [7, 11) is 0. The monoisotopic (exact) mass is 458 g/mol. The van der Waals surface area contributed by atoms with Crippen LogP contribution in [0.2, 0.25) is 0 Å². The molecule has 33 heavy (non-hydrogen) atoms. The minimum atomic E-state index is -1.52. The van der Waals surface area contributed by atoms with E-state index in [1.807, 2.05) is 0 Å². The Labute approximate surface area is 185 Å². The molecule has 11 nitrogen and oxygen atoms in total. The van der Waals surface area contributed by atoms with Crippen LogP contribution in [-0.2, 0) is 14.2 Å². The van der Waals surface area contributed by atoms with E-state index in [9.17, 15) is 35.1 Å². The molecule has 1 fully saturated rings. The Hall–Kier alpha value is -3.80. The number of phenols is 3. The van der Waals surface area contributed by atoms with Crippen LogP contribution in [0.5, 0.6) is 17.2 Å². The van der Waals surface area contributed by atoms with E-state index in [-0.39, 0.29) is 52.4 Å². The Morgan fingerprint density at radius 3 is 2.39 bits per heavy atom. The van der Waals surface area contributed by atoms with Crippen molar-refractivity contribution in [2.75, 3.05) is 13.2 Å². The maximum absolute atomic E-state index is 13.4. The Bertz CT molecular complexity index is 1280. The maximum Gasteiger partial charge on any atom is 0.343 e. The van der Waals surface area contributed by atoms with Gasteiger partial charge in [0.25, 0.3) is 0 Å². The molecule has 0 aliphatic carbocycles. The van der Waals surface area contributed by atoms with Crippen LogP contribution in [-0.4, -0.2) is 75.1 Å². The molecule has 4 atom stereocenters. The first-order valence-electron chi connectivity index (χ1n) is 9.93. The van der Waals surface area contributed by atoms with Gasteiger partial charge in [0.2, 0.25) is 0 Å². The van der Waals surface area contributed by atoms with Gasteiger partial charge in [-0.3, -0.25) is 0 Å². The van der Waals surface area contributed by atoms with E-state index >= 15 is 0 Å². The number of hydrogen-bond acceptors (Lipinski definition) is 11. The van der Waals surface area contributed by atoms with Gasteiger partial charge in [-0.2, -0.15) is 0 Å². The van der Waals surface area contributed by atoms with Crippen LogP contribution in [0, 0.1) is 0 Å². The molecule has 5 N–H and O–H groups in total. The van der Waals surface area contributed by atoms with E-state index in [1.54, 1.807) is 0 Å².